The second kappa shape index (κ2) is 13.4. The second-order valence-electron chi connectivity index (χ2n) is 2.59. The van der Waals surface area contributed by atoms with Gasteiger partial charge in [0, 0.05) is 5.49 Å². The maximum atomic E-state index is 2.29. The first-order valence-corrected chi connectivity index (χ1v) is 7.36. The molecule has 11 heavy (non-hydrogen) atoms. The maximum absolute atomic E-state index is 2.29. The molecule has 1 atom stereocenters. The lowest BCUT2D eigenvalue weighted by atomic mass is 10.2. The molecule has 0 saturated heterocycles. The Bertz CT molecular complexity index is 55.5. The molecular weight excluding hydrogens is 171 g/mol. The number of hydrogen-bond acceptors (Lipinski definition) is 1. The van der Waals surface area contributed by atoms with Crippen molar-refractivity contribution in [1.82, 2.24) is 0 Å². The van der Waals surface area contributed by atoms with Gasteiger partial charge in [-0.25, -0.2) is 0 Å². The number of hydrogen-bond donors (Lipinski definition) is 0. The fourth-order valence-electron chi connectivity index (χ4n) is 0.493. The molecule has 0 fully saturated rings. The quantitative estimate of drug-likeness (QED) is 0.470. The van der Waals surface area contributed by atoms with Crippen molar-refractivity contribution in [3.63, 3.8) is 0 Å². The van der Waals surface area contributed by atoms with Gasteiger partial charge in [-0.3, -0.25) is 0 Å². The van der Waals surface area contributed by atoms with Gasteiger partial charge < -0.3 is 0 Å². The van der Waals surface area contributed by atoms with Crippen molar-refractivity contribution < 1.29 is 0 Å². The van der Waals surface area contributed by atoms with Crippen LogP contribution in [0, 0.1) is 5.92 Å². The van der Waals surface area contributed by atoms with Gasteiger partial charge in [0.05, 0.1) is 0 Å². The van der Waals surface area contributed by atoms with E-state index in [4.69, 9.17) is 0 Å². The van der Waals surface area contributed by atoms with Crippen molar-refractivity contribution in [3.8, 4) is 0 Å². The summed E-state index contributed by atoms with van der Waals surface area (Å²) >= 11 is 2.09. The third-order valence-corrected chi connectivity index (χ3v) is 3.58. The van der Waals surface area contributed by atoms with E-state index in [1.807, 2.05) is 13.8 Å². The molecule has 0 aromatic heterocycles. The smallest absolute Gasteiger partial charge is 0.0105 e. The van der Waals surface area contributed by atoms with Gasteiger partial charge in [0.2, 0.25) is 0 Å². The molecule has 0 bridgehead atoms. The van der Waals surface area contributed by atoms with E-state index in [0.717, 1.165) is 14.5 Å². The zero-order valence-corrected chi connectivity index (χ0v) is 10.4. The van der Waals surface area contributed by atoms with Crippen molar-refractivity contribution in [3.05, 3.63) is 0 Å². The number of thioether (sulfide) groups is 1. The summed E-state index contributed by atoms with van der Waals surface area (Å²) in [5, 5.41) is 0. The lowest BCUT2D eigenvalue weighted by Gasteiger charge is -2.01. The summed E-state index contributed by atoms with van der Waals surface area (Å²) in [6.07, 6.45) is 1.38. The summed E-state index contributed by atoms with van der Waals surface area (Å²) < 4.78 is 0. The van der Waals surface area contributed by atoms with Crippen molar-refractivity contribution >= 4 is 20.3 Å². The first-order chi connectivity index (χ1) is 5.27. The minimum absolute atomic E-state index is 0.887. The molecule has 0 nitrogen and oxygen atoms in total. The molecular formula is C9H23PS. The van der Waals surface area contributed by atoms with Crippen LogP contribution in [0.2, 0.25) is 0 Å². The fourth-order valence-corrected chi connectivity index (χ4v) is 2.53. The van der Waals surface area contributed by atoms with Crippen LogP contribution in [0.4, 0.5) is 0 Å². The van der Waals surface area contributed by atoms with E-state index in [0.29, 0.717) is 0 Å². The molecule has 2 heteroatoms. The number of rotatable bonds is 5. The van der Waals surface area contributed by atoms with E-state index in [1.54, 1.807) is 0 Å². The van der Waals surface area contributed by atoms with E-state index in [2.05, 4.69) is 32.3 Å². The normalized spacial score (nSPS) is 10.4. The molecule has 0 aliphatic heterocycles. The summed E-state index contributed by atoms with van der Waals surface area (Å²) in [6, 6.07) is 0. The lowest BCUT2D eigenvalue weighted by Crippen LogP contribution is -1.88. The van der Waals surface area contributed by atoms with Crippen LogP contribution in [0.25, 0.3) is 0 Å². The fraction of sp³-hybridized carbons (Fsp3) is 1.00. The first kappa shape index (κ1) is 14.3. The molecule has 0 N–H and O–H groups in total. The van der Waals surface area contributed by atoms with E-state index < -0.39 is 0 Å². The van der Waals surface area contributed by atoms with Gasteiger partial charge in [0.1, 0.15) is 0 Å². The Kier molecular flexibility index (Phi) is 17.4. The topological polar surface area (TPSA) is 0 Å². The van der Waals surface area contributed by atoms with Crippen molar-refractivity contribution in [1.29, 1.82) is 0 Å². The summed E-state index contributed by atoms with van der Waals surface area (Å²) in [7, 11) is 1.12. The predicted molar refractivity (Wildman–Crippen MR) is 62.4 cm³/mol. The minimum atomic E-state index is 0.887. The Labute approximate surface area is 78.7 Å². The van der Waals surface area contributed by atoms with Crippen LogP contribution in [0.15, 0.2) is 0 Å². The van der Waals surface area contributed by atoms with E-state index in [-0.39, 0.29) is 0 Å². The van der Waals surface area contributed by atoms with Gasteiger partial charge in [-0.05, 0) is 24.8 Å². The maximum Gasteiger partial charge on any atom is 0.0105 e. The van der Waals surface area contributed by atoms with Crippen molar-refractivity contribution in [2.75, 3.05) is 17.9 Å². The van der Waals surface area contributed by atoms with Gasteiger partial charge in [0.25, 0.3) is 0 Å². The average molecular weight is 194 g/mol. The Hall–Kier alpha value is 0.780. The highest BCUT2D eigenvalue weighted by molar-refractivity contribution is 8.03. The van der Waals surface area contributed by atoms with Gasteiger partial charge in [-0.1, -0.05) is 27.7 Å². The van der Waals surface area contributed by atoms with Crippen LogP contribution >= 0.6 is 20.3 Å². The largest absolute Gasteiger partial charge is 0.158 e. The second-order valence-corrected chi connectivity index (χ2v) is 5.27. The molecule has 70 valence electrons. The molecule has 0 spiro atoms. The average Bonchev–Trinajstić information content (AvgIpc) is 2.02. The molecule has 0 heterocycles. The highest BCUT2D eigenvalue weighted by Gasteiger charge is 1.91. The molecule has 0 rings (SSSR count). The zero-order valence-electron chi connectivity index (χ0n) is 8.61. The van der Waals surface area contributed by atoms with Gasteiger partial charge in [0.15, 0.2) is 0 Å². The monoisotopic (exact) mass is 194 g/mol. The zero-order chi connectivity index (χ0) is 9.11. The minimum Gasteiger partial charge on any atom is -0.158 e. The van der Waals surface area contributed by atoms with Crippen molar-refractivity contribution in [2.24, 2.45) is 5.92 Å². The third-order valence-electron chi connectivity index (χ3n) is 1.09. The summed E-state index contributed by atoms with van der Waals surface area (Å²) in [5.74, 6) is 2.25. The Morgan fingerprint density at radius 2 is 1.82 bits per heavy atom. The molecule has 0 saturated carbocycles. The van der Waals surface area contributed by atoms with Gasteiger partial charge >= 0.3 is 0 Å². The van der Waals surface area contributed by atoms with Crippen molar-refractivity contribution in [2.45, 2.75) is 34.1 Å². The summed E-state index contributed by atoms with van der Waals surface area (Å²) in [6.45, 7) is 10.8. The Morgan fingerprint density at radius 3 is 2.18 bits per heavy atom. The van der Waals surface area contributed by atoms with Gasteiger partial charge in [-0.15, -0.1) is 8.58 Å². The molecule has 0 aliphatic carbocycles. The molecule has 0 amide bonds. The van der Waals surface area contributed by atoms with Crippen LogP contribution < -0.4 is 0 Å². The molecule has 0 radical (unpaired) electrons. The first-order valence-electron chi connectivity index (χ1n) is 4.49. The van der Waals surface area contributed by atoms with Gasteiger partial charge in [-0.2, -0.15) is 11.8 Å². The van der Waals surface area contributed by atoms with E-state index in [9.17, 15) is 0 Å². The Balaban J connectivity index is 0. The van der Waals surface area contributed by atoms with E-state index >= 15 is 0 Å². The molecule has 0 aromatic carbocycles. The van der Waals surface area contributed by atoms with Crippen LogP contribution in [0.1, 0.15) is 34.1 Å². The summed E-state index contributed by atoms with van der Waals surface area (Å²) in [5.41, 5.74) is 1.37. The third kappa shape index (κ3) is 18.1. The van der Waals surface area contributed by atoms with Crippen LogP contribution in [-0.4, -0.2) is 17.9 Å². The molecule has 0 aliphatic rings. The van der Waals surface area contributed by atoms with Crippen LogP contribution in [-0.2, 0) is 0 Å². The molecule has 1 unspecified atom stereocenters. The summed E-state index contributed by atoms with van der Waals surface area (Å²) in [4.78, 5) is 0. The molecule has 0 aromatic rings. The SMILES string of the molecule is CC.CPCSCCC(C)C. The highest BCUT2D eigenvalue weighted by Crippen LogP contribution is 2.16. The van der Waals surface area contributed by atoms with Crippen LogP contribution in [0.3, 0.4) is 0 Å². The highest BCUT2D eigenvalue weighted by atomic mass is 32.2. The van der Waals surface area contributed by atoms with E-state index in [1.165, 1.54) is 17.7 Å². The van der Waals surface area contributed by atoms with Crippen LogP contribution in [0.5, 0.6) is 0 Å². The standard InChI is InChI=1S/C7H17PS.C2H6/c1-7(2)4-5-9-6-8-3;1-2/h7-8H,4-6H2,1-3H3;1-2H3. The Morgan fingerprint density at radius 1 is 1.27 bits per heavy atom. The predicted octanol–water partition coefficient (Wildman–Crippen LogP) is 4.06. The lowest BCUT2D eigenvalue weighted by molar-refractivity contribution is 0.632.